The molecule has 5 aromatic rings. The minimum absolute atomic E-state index is 0.241. The maximum Gasteiger partial charge on any atom is 0.0798 e. The zero-order valence-corrected chi connectivity index (χ0v) is 21.1. The van der Waals surface area contributed by atoms with Gasteiger partial charge in [-0.3, -0.25) is 4.98 Å². The van der Waals surface area contributed by atoms with Crippen LogP contribution in [0.5, 0.6) is 0 Å². The van der Waals surface area contributed by atoms with E-state index in [4.69, 9.17) is 28.2 Å². The van der Waals surface area contributed by atoms with Crippen LogP contribution in [0.15, 0.2) is 72.9 Å². The average molecular weight is 482 g/mol. The van der Waals surface area contributed by atoms with Crippen molar-refractivity contribution in [2.24, 2.45) is 5.41 Å². The quantitative estimate of drug-likeness (QED) is 0.239. The van der Waals surface area contributed by atoms with E-state index in [2.05, 4.69) is 69.3 Å². The van der Waals surface area contributed by atoms with Crippen LogP contribution in [-0.2, 0) is 12.8 Å². The summed E-state index contributed by atoms with van der Waals surface area (Å²) in [4.78, 5) is 4.85. The van der Waals surface area contributed by atoms with E-state index < -0.39 is 0 Å². The molecule has 0 radical (unpaired) electrons. The third-order valence-corrected chi connectivity index (χ3v) is 7.25. The molecule has 4 aromatic carbocycles. The maximum absolute atomic E-state index is 6.73. The predicted molar refractivity (Wildman–Crippen MR) is 146 cm³/mol. The molecule has 1 heterocycles. The minimum atomic E-state index is 0.241. The molecule has 0 atom stereocenters. The summed E-state index contributed by atoms with van der Waals surface area (Å²) >= 11 is 13.0. The maximum atomic E-state index is 6.73. The molecule has 0 unspecified atom stereocenters. The molecule has 0 fully saturated rings. The lowest BCUT2D eigenvalue weighted by atomic mass is 9.86. The zero-order chi connectivity index (χ0) is 23.6. The first kappa shape index (κ1) is 21.6. The molecule has 0 N–H and O–H groups in total. The second-order valence-corrected chi connectivity index (χ2v) is 11.4. The van der Waals surface area contributed by atoms with Crippen molar-refractivity contribution in [1.82, 2.24) is 4.98 Å². The summed E-state index contributed by atoms with van der Waals surface area (Å²) in [5.74, 6) is 0. The van der Waals surface area contributed by atoms with Gasteiger partial charge in [0, 0.05) is 22.2 Å². The van der Waals surface area contributed by atoms with Crippen LogP contribution in [0.25, 0.3) is 43.9 Å². The minimum Gasteiger partial charge on any atom is -0.256 e. The summed E-state index contributed by atoms with van der Waals surface area (Å²) in [6, 6.07) is 23.7. The zero-order valence-electron chi connectivity index (χ0n) is 19.5. The van der Waals surface area contributed by atoms with E-state index in [1.807, 2.05) is 24.4 Å². The van der Waals surface area contributed by atoms with Crippen LogP contribution in [0.3, 0.4) is 0 Å². The number of pyridine rings is 1. The summed E-state index contributed by atoms with van der Waals surface area (Å²) in [5, 5.41) is 5.74. The molecule has 1 nitrogen and oxygen atoms in total. The Hall–Kier alpha value is -2.87. The molecule has 34 heavy (non-hydrogen) atoms. The van der Waals surface area contributed by atoms with Crippen molar-refractivity contribution in [3.8, 4) is 22.4 Å². The van der Waals surface area contributed by atoms with Crippen LogP contribution < -0.4 is 0 Å². The SMILES string of the molecule is CC(C)(C)Cc1ccc2c(c1)-c1c(c(-c3nccc4cc(Cl)cc(Cl)c34)cc3ccccc13)C2. The molecule has 0 aliphatic heterocycles. The van der Waals surface area contributed by atoms with Crippen LogP contribution in [0.4, 0.5) is 0 Å². The van der Waals surface area contributed by atoms with Gasteiger partial charge in [-0.25, -0.2) is 0 Å². The monoisotopic (exact) mass is 481 g/mol. The molecule has 6 rings (SSSR count). The lowest BCUT2D eigenvalue weighted by Crippen LogP contribution is -2.09. The highest BCUT2D eigenvalue weighted by Gasteiger charge is 2.27. The fraction of sp³-hybridized carbons (Fsp3) is 0.194. The summed E-state index contributed by atoms with van der Waals surface area (Å²) < 4.78 is 0. The molecule has 0 spiro atoms. The van der Waals surface area contributed by atoms with Gasteiger partial charge in [-0.2, -0.15) is 0 Å². The molecule has 168 valence electrons. The molecule has 0 saturated heterocycles. The molecule has 3 heteroatoms. The summed E-state index contributed by atoms with van der Waals surface area (Å²) in [7, 11) is 0. The van der Waals surface area contributed by atoms with Crippen molar-refractivity contribution >= 4 is 44.7 Å². The van der Waals surface area contributed by atoms with Gasteiger partial charge in [-0.05, 0) is 86.5 Å². The van der Waals surface area contributed by atoms with Crippen molar-refractivity contribution in [1.29, 1.82) is 0 Å². The number of halogens is 2. The van der Waals surface area contributed by atoms with Crippen LogP contribution in [0.2, 0.25) is 10.0 Å². The first-order chi connectivity index (χ1) is 16.3. The van der Waals surface area contributed by atoms with Crippen molar-refractivity contribution < 1.29 is 0 Å². The van der Waals surface area contributed by atoms with Gasteiger partial charge in [0.1, 0.15) is 0 Å². The first-order valence-corrected chi connectivity index (χ1v) is 12.4. The lowest BCUT2D eigenvalue weighted by Gasteiger charge is -2.19. The number of benzene rings is 4. The van der Waals surface area contributed by atoms with E-state index in [1.165, 1.54) is 38.6 Å². The highest BCUT2D eigenvalue weighted by atomic mass is 35.5. The molecule has 0 bridgehead atoms. The van der Waals surface area contributed by atoms with Crippen LogP contribution >= 0.6 is 23.2 Å². The number of fused-ring (bicyclic) bond motifs is 6. The molecule has 1 aliphatic rings. The standard InChI is InChI=1S/C31H25Cl2N/c1-31(2,3)17-18-8-9-20-14-25-26(15-19-6-4-5-7-23(19)29(25)24(20)12-18)30-28-21(10-11-34-30)13-22(32)16-27(28)33/h4-13,15-16H,14,17H2,1-3H3. The number of nitrogens with zero attached hydrogens (tertiary/aromatic N) is 1. The third-order valence-electron chi connectivity index (χ3n) is 6.74. The van der Waals surface area contributed by atoms with E-state index in [-0.39, 0.29) is 5.41 Å². The fourth-order valence-corrected chi connectivity index (χ4v) is 6.05. The molecule has 1 aromatic heterocycles. The second kappa shape index (κ2) is 7.83. The van der Waals surface area contributed by atoms with Crippen LogP contribution in [0.1, 0.15) is 37.5 Å². The Labute approximate surface area is 210 Å². The highest BCUT2D eigenvalue weighted by Crippen LogP contribution is 2.48. The molecular formula is C31H25Cl2N. The van der Waals surface area contributed by atoms with Crippen LogP contribution in [0, 0.1) is 5.41 Å². The van der Waals surface area contributed by atoms with Gasteiger partial charge >= 0.3 is 0 Å². The Morgan fingerprint density at radius 3 is 2.50 bits per heavy atom. The van der Waals surface area contributed by atoms with E-state index in [0.717, 1.165) is 34.9 Å². The Morgan fingerprint density at radius 1 is 0.853 bits per heavy atom. The topological polar surface area (TPSA) is 12.9 Å². The smallest absolute Gasteiger partial charge is 0.0798 e. The van der Waals surface area contributed by atoms with Gasteiger partial charge in [-0.15, -0.1) is 0 Å². The number of rotatable bonds is 2. The Morgan fingerprint density at radius 2 is 1.68 bits per heavy atom. The van der Waals surface area contributed by atoms with E-state index in [1.54, 1.807) is 0 Å². The Kier molecular flexibility index (Phi) is 4.99. The van der Waals surface area contributed by atoms with Gasteiger partial charge in [0.15, 0.2) is 0 Å². The summed E-state index contributed by atoms with van der Waals surface area (Å²) in [6.45, 7) is 6.89. The van der Waals surface area contributed by atoms with Gasteiger partial charge in [0.25, 0.3) is 0 Å². The van der Waals surface area contributed by atoms with Crippen molar-refractivity contribution in [2.75, 3.05) is 0 Å². The summed E-state index contributed by atoms with van der Waals surface area (Å²) in [5.41, 5.74) is 9.08. The molecular weight excluding hydrogens is 457 g/mol. The van der Waals surface area contributed by atoms with E-state index >= 15 is 0 Å². The fourth-order valence-electron chi connectivity index (χ4n) is 5.45. The van der Waals surface area contributed by atoms with Gasteiger partial charge < -0.3 is 0 Å². The summed E-state index contributed by atoms with van der Waals surface area (Å²) in [6.07, 6.45) is 3.80. The Bertz CT molecular complexity index is 1610. The second-order valence-electron chi connectivity index (χ2n) is 10.5. The number of aromatic nitrogens is 1. The highest BCUT2D eigenvalue weighted by molar-refractivity contribution is 6.39. The van der Waals surface area contributed by atoms with Crippen LogP contribution in [-0.4, -0.2) is 4.98 Å². The lowest BCUT2D eigenvalue weighted by molar-refractivity contribution is 0.411. The van der Waals surface area contributed by atoms with Gasteiger partial charge in [-0.1, -0.05) is 86.4 Å². The average Bonchev–Trinajstić information content (AvgIpc) is 3.16. The number of hydrogen-bond acceptors (Lipinski definition) is 1. The van der Waals surface area contributed by atoms with Gasteiger partial charge in [0.2, 0.25) is 0 Å². The van der Waals surface area contributed by atoms with E-state index in [9.17, 15) is 0 Å². The largest absolute Gasteiger partial charge is 0.256 e. The van der Waals surface area contributed by atoms with Crippen molar-refractivity contribution in [3.05, 3.63) is 99.7 Å². The molecule has 0 amide bonds. The Balaban J connectivity index is 1.66. The van der Waals surface area contributed by atoms with E-state index in [0.29, 0.717) is 10.0 Å². The van der Waals surface area contributed by atoms with Crippen molar-refractivity contribution in [2.45, 2.75) is 33.6 Å². The van der Waals surface area contributed by atoms with Gasteiger partial charge in [0.05, 0.1) is 10.7 Å². The third kappa shape index (κ3) is 3.59. The normalized spacial score (nSPS) is 12.9. The van der Waals surface area contributed by atoms with Crippen molar-refractivity contribution in [3.63, 3.8) is 0 Å². The number of hydrogen-bond donors (Lipinski definition) is 0. The molecule has 1 aliphatic carbocycles. The predicted octanol–water partition coefficient (Wildman–Crippen LogP) is 9.52. The molecule has 0 saturated carbocycles. The first-order valence-electron chi connectivity index (χ1n) is 11.7.